The van der Waals surface area contributed by atoms with Gasteiger partial charge in [-0.25, -0.2) is 0 Å². The van der Waals surface area contributed by atoms with Gasteiger partial charge < -0.3 is 10.2 Å². The molecule has 1 fully saturated rings. The van der Waals surface area contributed by atoms with Crippen LogP contribution in [0.2, 0.25) is 0 Å². The van der Waals surface area contributed by atoms with Crippen molar-refractivity contribution < 1.29 is 4.79 Å². The molecule has 2 unspecified atom stereocenters. The molecule has 1 aliphatic carbocycles. The molecule has 1 heterocycles. The van der Waals surface area contributed by atoms with Crippen LogP contribution in [0.15, 0.2) is 24.3 Å². The van der Waals surface area contributed by atoms with E-state index in [-0.39, 0.29) is 5.92 Å². The van der Waals surface area contributed by atoms with E-state index < -0.39 is 0 Å². The minimum Gasteiger partial charge on any atom is -0.338 e. The Balaban J connectivity index is 1.81. The number of likely N-dealkylation sites (tertiary alicyclic amines) is 1. The maximum absolute atomic E-state index is 12.9. The van der Waals surface area contributed by atoms with Gasteiger partial charge in [0.2, 0.25) is 5.91 Å². The molecule has 0 spiro atoms. The van der Waals surface area contributed by atoms with Gasteiger partial charge in [-0.15, -0.1) is 0 Å². The standard InChI is InChI=1S/C17H24N2O/c1-18-12-14-8-5-11-19(14)17(20)16-10-4-7-13-6-2-3-9-15(13)16/h2-3,6,9,14,16,18H,4-5,7-8,10-12H2,1H3. The summed E-state index contributed by atoms with van der Waals surface area (Å²) in [7, 11) is 1.97. The number of likely N-dealkylation sites (N-methyl/N-ethyl adjacent to an activating group) is 1. The molecular formula is C17H24N2O. The second-order valence-corrected chi connectivity index (χ2v) is 6.03. The Kier molecular flexibility index (Phi) is 4.06. The summed E-state index contributed by atoms with van der Waals surface area (Å²) in [6, 6.07) is 8.89. The lowest BCUT2D eigenvalue weighted by molar-refractivity contribution is -0.133. The van der Waals surface area contributed by atoms with Gasteiger partial charge in [-0.2, -0.15) is 0 Å². The molecule has 20 heavy (non-hydrogen) atoms. The predicted octanol–water partition coefficient (Wildman–Crippen LogP) is 2.32. The number of aryl methyl sites for hydroxylation is 1. The fourth-order valence-electron chi connectivity index (χ4n) is 3.78. The molecular weight excluding hydrogens is 248 g/mol. The number of hydrogen-bond acceptors (Lipinski definition) is 2. The third-order valence-electron chi connectivity index (χ3n) is 4.77. The third kappa shape index (κ3) is 2.47. The van der Waals surface area contributed by atoms with Gasteiger partial charge in [0.15, 0.2) is 0 Å². The van der Waals surface area contributed by atoms with Crippen LogP contribution in [0.25, 0.3) is 0 Å². The van der Waals surface area contributed by atoms with Crippen LogP contribution in [0, 0.1) is 0 Å². The lowest BCUT2D eigenvalue weighted by atomic mass is 9.82. The van der Waals surface area contributed by atoms with Crippen molar-refractivity contribution in [2.24, 2.45) is 0 Å². The second kappa shape index (κ2) is 5.96. The molecule has 0 bridgehead atoms. The van der Waals surface area contributed by atoms with Crippen molar-refractivity contribution in [1.82, 2.24) is 10.2 Å². The van der Waals surface area contributed by atoms with E-state index in [2.05, 4.69) is 34.5 Å². The van der Waals surface area contributed by atoms with Gasteiger partial charge in [-0.3, -0.25) is 4.79 Å². The monoisotopic (exact) mass is 272 g/mol. The highest BCUT2D eigenvalue weighted by Gasteiger charge is 2.35. The van der Waals surface area contributed by atoms with Crippen molar-refractivity contribution in [3.63, 3.8) is 0 Å². The zero-order chi connectivity index (χ0) is 13.9. The number of carbonyl (C=O) groups is 1. The Morgan fingerprint density at radius 2 is 2.15 bits per heavy atom. The molecule has 0 aromatic heterocycles. The molecule has 3 nitrogen and oxygen atoms in total. The molecule has 1 aliphatic heterocycles. The van der Waals surface area contributed by atoms with E-state index in [9.17, 15) is 4.79 Å². The zero-order valence-electron chi connectivity index (χ0n) is 12.3. The Bertz CT molecular complexity index is 486. The normalized spacial score (nSPS) is 25.6. The van der Waals surface area contributed by atoms with Crippen LogP contribution in [0.4, 0.5) is 0 Å². The van der Waals surface area contributed by atoms with E-state index in [1.807, 2.05) is 7.05 Å². The van der Waals surface area contributed by atoms with E-state index in [1.54, 1.807) is 0 Å². The molecule has 2 atom stereocenters. The molecule has 3 rings (SSSR count). The predicted molar refractivity (Wildman–Crippen MR) is 80.8 cm³/mol. The molecule has 0 saturated carbocycles. The van der Waals surface area contributed by atoms with Crippen LogP contribution in [0.1, 0.15) is 42.7 Å². The topological polar surface area (TPSA) is 32.3 Å². The van der Waals surface area contributed by atoms with Gasteiger partial charge in [0.1, 0.15) is 0 Å². The first-order valence-electron chi connectivity index (χ1n) is 7.84. The summed E-state index contributed by atoms with van der Waals surface area (Å²) >= 11 is 0. The van der Waals surface area contributed by atoms with Gasteiger partial charge in [0.05, 0.1) is 5.92 Å². The lowest BCUT2D eigenvalue weighted by Gasteiger charge is -2.32. The zero-order valence-corrected chi connectivity index (χ0v) is 12.3. The van der Waals surface area contributed by atoms with Crippen LogP contribution >= 0.6 is 0 Å². The average Bonchev–Trinajstić information content (AvgIpc) is 2.94. The Labute approximate surface area is 121 Å². The third-order valence-corrected chi connectivity index (χ3v) is 4.77. The maximum atomic E-state index is 12.9. The van der Waals surface area contributed by atoms with Crippen molar-refractivity contribution >= 4 is 5.91 Å². The SMILES string of the molecule is CNCC1CCCN1C(=O)C1CCCc2ccccc21. The molecule has 1 aromatic carbocycles. The number of rotatable bonds is 3. The summed E-state index contributed by atoms with van der Waals surface area (Å²) in [5.41, 5.74) is 2.65. The van der Waals surface area contributed by atoms with Crippen molar-refractivity contribution in [3.05, 3.63) is 35.4 Å². The van der Waals surface area contributed by atoms with E-state index in [4.69, 9.17) is 0 Å². The van der Waals surface area contributed by atoms with Gasteiger partial charge in [-0.05, 0) is 50.3 Å². The molecule has 1 N–H and O–H groups in total. The van der Waals surface area contributed by atoms with E-state index in [0.29, 0.717) is 11.9 Å². The summed E-state index contributed by atoms with van der Waals surface area (Å²) in [6.45, 7) is 1.85. The fourth-order valence-corrected chi connectivity index (χ4v) is 3.78. The number of nitrogens with one attached hydrogen (secondary N) is 1. The fraction of sp³-hybridized carbons (Fsp3) is 0.588. The molecule has 3 heteroatoms. The Morgan fingerprint density at radius 3 is 3.00 bits per heavy atom. The van der Waals surface area contributed by atoms with Gasteiger partial charge in [-0.1, -0.05) is 24.3 Å². The van der Waals surface area contributed by atoms with Crippen LogP contribution in [0.5, 0.6) is 0 Å². The van der Waals surface area contributed by atoms with Crippen LogP contribution in [-0.4, -0.2) is 37.0 Å². The minimum absolute atomic E-state index is 0.0948. The van der Waals surface area contributed by atoms with E-state index >= 15 is 0 Å². The van der Waals surface area contributed by atoms with Gasteiger partial charge in [0.25, 0.3) is 0 Å². The number of benzene rings is 1. The number of nitrogens with zero attached hydrogens (tertiary/aromatic N) is 1. The summed E-state index contributed by atoms with van der Waals surface area (Å²) in [5.74, 6) is 0.451. The first kappa shape index (κ1) is 13.6. The number of hydrogen-bond donors (Lipinski definition) is 1. The molecule has 108 valence electrons. The second-order valence-electron chi connectivity index (χ2n) is 6.03. The first-order valence-corrected chi connectivity index (χ1v) is 7.84. The summed E-state index contributed by atoms with van der Waals surface area (Å²) < 4.78 is 0. The number of fused-ring (bicyclic) bond motifs is 1. The highest BCUT2D eigenvalue weighted by atomic mass is 16.2. The number of carbonyl (C=O) groups excluding carboxylic acids is 1. The van der Waals surface area contributed by atoms with Crippen LogP contribution in [-0.2, 0) is 11.2 Å². The quantitative estimate of drug-likeness (QED) is 0.916. The summed E-state index contributed by atoms with van der Waals surface area (Å²) in [4.78, 5) is 15.1. The van der Waals surface area contributed by atoms with Crippen LogP contribution in [0.3, 0.4) is 0 Å². The average molecular weight is 272 g/mol. The summed E-state index contributed by atoms with van der Waals surface area (Å²) in [5, 5.41) is 3.22. The largest absolute Gasteiger partial charge is 0.338 e. The van der Waals surface area contributed by atoms with Gasteiger partial charge in [0, 0.05) is 19.1 Å². The summed E-state index contributed by atoms with van der Waals surface area (Å²) in [6.07, 6.45) is 5.56. The van der Waals surface area contributed by atoms with Crippen LogP contribution < -0.4 is 5.32 Å². The van der Waals surface area contributed by atoms with E-state index in [0.717, 1.165) is 45.2 Å². The smallest absolute Gasteiger partial charge is 0.230 e. The molecule has 1 aromatic rings. The highest BCUT2D eigenvalue weighted by molar-refractivity contribution is 5.85. The lowest BCUT2D eigenvalue weighted by Crippen LogP contribution is -2.43. The number of amides is 1. The first-order chi connectivity index (χ1) is 9.81. The molecule has 2 aliphatic rings. The van der Waals surface area contributed by atoms with Gasteiger partial charge >= 0.3 is 0 Å². The van der Waals surface area contributed by atoms with Crippen molar-refractivity contribution in [2.45, 2.75) is 44.1 Å². The van der Waals surface area contributed by atoms with Crippen molar-refractivity contribution in [3.8, 4) is 0 Å². The molecule has 1 saturated heterocycles. The van der Waals surface area contributed by atoms with Crippen molar-refractivity contribution in [2.75, 3.05) is 20.1 Å². The minimum atomic E-state index is 0.0948. The molecule has 0 radical (unpaired) electrons. The maximum Gasteiger partial charge on any atom is 0.230 e. The Hall–Kier alpha value is -1.35. The van der Waals surface area contributed by atoms with Crippen molar-refractivity contribution in [1.29, 1.82) is 0 Å². The highest BCUT2D eigenvalue weighted by Crippen LogP contribution is 2.34. The molecule has 1 amide bonds. The van der Waals surface area contributed by atoms with E-state index in [1.165, 1.54) is 11.1 Å². The Morgan fingerprint density at radius 1 is 1.30 bits per heavy atom.